The minimum Gasteiger partial charge on any atom is -0.333 e. The molecule has 0 radical (unpaired) electrons. The van der Waals surface area contributed by atoms with Crippen molar-refractivity contribution in [3.8, 4) is 0 Å². The fraction of sp³-hybridized carbons (Fsp3) is 0.345. The van der Waals surface area contributed by atoms with Gasteiger partial charge < -0.3 is 19.6 Å². The van der Waals surface area contributed by atoms with Gasteiger partial charge in [-0.15, -0.1) is 11.3 Å². The highest BCUT2D eigenvalue weighted by Gasteiger charge is 2.33. The van der Waals surface area contributed by atoms with Crippen molar-refractivity contribution in [3.05, 3.63) is 87.1 Å². The summed E-state index contributed by atoms with van der Waals surface area (Å²) in [5, 5.41) is 2.01. The Labute approximate surface area is 221 Å². The molecule has 0 spiro atoms. The van der Waals surface area contributed by atoms with E-state index in [1.165, 1.54) is 0 Å². The molecule has 3 amide bonds. The minimum absolute atomic E-state index is 0.00969. The highest BCUT2D eigenvalue weighted by Crippen LogP contribution is 2.30. The summed E-state index contributed by atoms with van der Waals surface area (Å²) in [5.41, 5.74) is 3.63. The third-order valence-electron chi connectivity index (χ3n) is 7.15. The summed E-state index contributed by atoms with van der Waals surface area (Å²) in [6, 6.07) is 17.4. The molecule has 8 heteroatoms. The quantitative estimate of drug-likeness (QED) is 0.523. The van der Waals surface area contributed by atoms with E-state index in [2.05, 4.69) is 4.90 Å². The van der Waals surface area contributed by atoms with Crippen LogP contribution in [0.5, 0.6) is 0 Å². The number of nitrogens with zero attached hydrogens (tertiary/aromatic N) is 4. The minimum atomic E-state index is -0.153. The van der Waals surface area contributed by atoms with E-state index in [0.29, 0.717) is 50.4 Å². The molecular formula is C29H32N4O3S. The fourth-order valence-electron chi connectivity index (χ4n) is 5.20. The van der Waals surface area contributed by atoms with Gasteiger partial charge in [0, 0.05) is 50.2 Å². The zero-order valence-corrected chi connectivity index (χ0v) is 22.2. The normalized spacial score (nSPS) is 16.8. The van der Waals surface area contributed by atoms with Gasteiger partial charge in [-0.05, 0) is 54.7 Å². The molecule has 0 fully saturated rings. The number of amides is 3. The van der Waals surface area contributed by atoms with Gasteiger partial charge >= 0.3 is 0 Å². The monoisotopic (exact) mass is 516 g/mol. The molecule has 3 heterocycles. The van der Waals surface area contributed by atoms with Gasteiger partial charge in [0.1, 0.15) is 0 Å². The smallest absolute Gasteiger partial charge is 0.255 e. The van der Waals surface area contributed by atoms with E-state index in [0.717, 1.165) is 34.7 Å². The molecule has 0 N–H and O–H groups in total. The van der Waals surface area contributed by atoms with Crippen LogP contribution in [-0.2, 0) is 24.4 Å². The zero-order chi connectivity index (χ0) is 25.9. The number of fused-ring (bicyclic) bond motifs is 2. The van der Waals surface area contributed by atoms with Gasteiger partial charge in [-0.3, -0.25) is 14.4 Å². The summed E-state index contributed by atoms with van der Waals surface area (Å²) in [6.07, 6.45) is 0.846. The van der Waals surface area contributed by atoms with Crippen LogP contribution in [0.4, 0.5) is 5.69 Å². The average molecular weight is 517 g/mol. The molecule has 0 atom stereocenters. The summed E-state index contributed by atoms with van der Waals surface area (Å²) in [5.74, 6) is -0.255. The van der Waals surface area contributed by atoms with E-state index in [4.69, 9.17) is 0 Å². The molecule has 0 bridgehead atoms. The van der Waals surface area contributed by atoms with Crippen molar-refractivity contribution in [2.45, 2.75) is 33.0 Å². The summed E-state index contributed by atoms with van der Waals surface area (Å²) in [4.78, 5) is 48.8. The van der Waals surface area contributed by atoms with E-state index in [1.807, 2.05) is 75.7 Å². The maximum absolute atomic E-state index is 14.1. The standard InChI is InChI=1S/C29H32N4O3S/c1-21(34)33-14-7-13-30(2)15-16-31(18-22-8-3-4-12-26(22)33)28(35)25-11-5-9-23-19-32(29(36)27(23)25)20-24-10-6-17-37-24/h3-6,8-12,17H,7,13-16,18-20H2,1-2H3. The van der Waals surface area contributed by atoms with Crippen LogP contribution in [0.25, 0.3) is 0 Å². The molecule has 5 rings (SSSR count). The number of hydrogen-bond donors (Lipinski definition) is 0. The molecule has 1 aromatic heterocycles. The summed E-state index contributed by atoms with van der Waals surface area (Å²) in [7, 11) is 2.04. The van der Waals surface area contributed by atoms with Gasteiger partial charge in [0.05, 0.1) is 17.7 Å². The van der Waals surface area contributed by atoms with Crippen LogP contribution in [0.3, 0.4) is 0 Å². The maximum atomic E-state index is 14.1. The summed E-state index contributed by atoms with van der Waals surface area (Å²) in [6.45, 7) is 5.69. The summed E-state index contributed by atoms with van der Waals surface area (Å²) >= 11 is 1.63. The Hall–Kier alpha value is -3.49. The van der Waals surface area contributed by atoms with E-state index in [1.54, 1.807) is 24.3 Å². The van der Waals surface area contributed by atoms with Crippen LogP contribution < -0.4 is 4.90 Å². The molecule has 0 aliphatic carbocycles. The van der Waals surface area contributed by atoms with Gasteiger partial charge in [0.25, 0.3) is 11.8 Å². The van der Waals surface area contributed by atoms with Gasteiger partial charge in [0.2, 0.25) is 5.91 Å². The predicted octanol–water partition coefficient (Wildman–Crippen LogP) is 4.23. The van der Waals surface area contributed by atoms with Crippen molar-refractivity contribution in [1.82, 2.24) is 14.7 Å². The van der Waals surface area contributed by atoms with Crippen LogP contribution in [-0.4, -0.2) is 65.6 Å². The van der Waals surface area contributed by atoms with Gasteiger partial charge in [-0.1, -0.05) is 36.4 Å². The molecule has 2 aliphatic heterocycles. The Morgan fingerprint density at radius 2 is 1.70 bits per heavy atom. The van der Waals surface area contributed by atoms with Crippen molar-refractivity contribution >= 4 is 34.7 Å². The second kappa shape index (κ2) is 10.9. The Balaban J connectivity index is 1.47. The Morgan fingerprint density at radius 1 is 0.892 bits per heavy atom. The molecule has 0 unspecified atom stereocenters. The molecule has 2 aliphatic rings. The first-order chi connectivity index (χ1) is 17.9. The number of anilines is 1. The van der Waals surface area contributed by atoms with Crippen LogP contribution in [0.2, 0.25) is 0 Å². The van der Waals surface area contributed by atoms with Crippen LogP contribution in [0, 0.1) is 0 Å². The lowest BCUT2D eigenvalue weighted by Crippen LogP contribution is -2.38. The SMILES string of the molecule is CC(=O)N1CCCN(C)CCN(C(=O)c2cccc3c2C(=O)N(Cc2cccs2)C3)Cc2ccccc21. The number of carbonyl (C=O) groups is 3. The fourth-order valence-corrected chi connectivity index (χ4v) is 5.92. The van der Waals surface area contributed by atoms with Crippen LogP contribution >= 0.6 is 11.3 Å². The lowest BCUT2D eigenvalue weighted by atomic mass is 10.0. The van der Waals surface area contributed by atoms with E-state index in [-0.39, 0.29) is 17.7 Å². The number of carbonyl (C=O) groups excluding carboxylic acids is 3. The van der Waals surface area contributed by atoms with Gasteiger partial charge in [-0.25, -0.2) is 0 Å². The number of thiophene rings is 1. The third-order valence-corrected chi connectivity index (χ3v) is 8.02. The highest BCUT2D eigenvalue weighted by atomic mass is 32.1. The van der Waals surface area contributed by atoms with E-state index >= 15 is 0 Å². The Morgan fingerprint density at radius 3 is 2.49 bits per heavy atom. The third kappa shape index (κ3) is 5.31. The van der Waals surface area contributed by atoms with Crippen LogP contribution in [0.15, 0.2) is 60.0 Å². The number of likely N-dealkylation sites (N-methyl/N-ethyl adjacent to an activating group) is 1. The molecule has 3 aromatic rings. The van der Waals surface area contributed by atoms with E-state index in [9.17, 15) is 14.4 Å². The maximum Gasteiger partial charge on any atom is 0.255 e. The molecule has 7 nitrogen and oxygen atoms in total. The number of rotatable bonds is 3. The first-order valence-corrected chi connectivity index (χ1v) is 13.6. The first kappa shape index (κ1) is 25.2. The van der Waals surface area contributed by atoms with Crippen molar-refractivity contribution in [3.63, 3.8) is 0 Å². The topological polar surface area (TPSA) is 64.2 Å². The lowest BCUT2D eigenvalue weighted by Gasteiger charge is -2.28. The van der Waals surface area contributed by atoms with Gasteiger partial charge in [0.15, 0.2) is 0 Å². The molecule has 0 saturated carbocycles. The van der Waals surface area contributed by atoms with Crippen molar-refractivity contribution < 1.29 is 14.4 Å². The molecule has 37 heavy (non-hydrogen) atoms. The lowest BCUT2D eigenvalue weighted by molar-refractivity contribution is -0.116. The molecule has 2 aromatic carbocycles. The van der Waals surface area contributed by atoms with E-state index < -0.39 is 0 Å². The Kier molecular flexibility index (Phi) is 7.39. The van der Waals surface area contributed by atoms with Crippen molar-refractivity contribution in [1.29, 1.82) is 0 Å². The van der Waals surface area contributed by atoms with Crippen molar-refractivity contribution in [2.75, 3.05) is 38.1 Å². The molecular weight excluding hydrogens is 484 g/mol. The highest BCUT2D eigenvalue weighted by molar-refractivity contribution is 7.09. The number of benzene rings is 2. The number of para-hydroxylation sites is 1. The van der Waals surface area contributed by atoms with Gasteiger partial charge in [-0.2, -0.15) is 0 Å². The van der Waals surface area contributed by atoms with Crippen LogP contribution in [0.1, 0.15) is 50.1 Å². The molecule has 0 saturated heterocycles. The number of hydrogen-bond acceptors (Lipinski definition) is 5. The second-order valence-corrected chi connectivity index (χ2v) is 10.8. The average Bonchev–Trinajstić information content (AvgIpc) is 3.51. The molecule has 192 valence electrons. The predicted molar refractivity (Wildman–Crippen MR) is 146 cm³/mol. The zero-order valence-electron chi connectivity index (χ0n) is 21.4. The first-order valence-electron chi connectivity index (χ1n) is 12.7. The summed E-state index contributed by atoms with van der Waals surface area (Å²) < 4.78 is 0. The Bertz CT molecular complexity index is 1310. The largest absolute Gasteiger partial charge is 0.333 e. The van der Waals surface area contributed by atoms with Crippen molar-refractivity contribution in [2.24, 2.45) is 0 Å². The second-order valence-electron chi connectivity index (χ2n) is 9.76.